The Morgan fingerprint density at radius 1 is 1.52 bits per heavy atom. The molecule has 25 heavy (non-hydrogen) atoms. The molecular formula is C16H17N5O2S2. The number of carbonyl (C=O) groups excluding carboxylic acids is 1. The van der Waals surface area contributed by atoms with Crippen LogP contribution in [0.15, 0.2) is 39.6 Å². The molecule has 0 spiro atoms. The number of rotatable bonds is 7. The van der Waals surface area contributed by atoms with Gasteiger partial charge >= 0.3 is 0 Å². The van der Waals surface area contributed by atoms with Gasteiger partial charge in [-0.05, 0) is 24.3 Å². The number of aryl methyl sites for hydroxylation is 1. The average Bonchev–Trinajstić information content (AvgIpc) is 3.03. The predicted octanol–water partition coefficient (Wildman–Crippen LogP) is 2.47. The van der Waals surface area contributed by atoms with Gasteiger partial charge in [0, 0.05) is 25.4 Å². The van der Waals surface area contributed by atoms with Gasteiger partial charge in [-0.2, -0.15) is 0 Å². The second kappa shape index (κ2) is 6.64. The van der Waals surface area contributed by atoms with E-state index in [1.54, 1.807) is 29.4 Å². The van der Waals surface area contributed by atoms with E-state index in [9.17, 15) is 4.79 Å². The lowest BCUT2D eigenvalue weighted by Gasteiger charge is -2.12. The topological polar surface area (TPSA) is 85.8 Å². The Bertz CT molecular complexity index is 867. The third kappa shape index (κ3) is 3.21. The number of nitrogens with one attached hydrogen (secondary N) is 1. The molecule has 3 heterocycles. The molecule has 1 aliphatic carbocycles. The van der Waals surface area contributed by atoms with E-state index in [0.29, 0.717) is 6.54 Å². The molecule has 9 heteroatoms. The molecule has 0 saturated heterocycles. The summed E-state index contributed by atoms with van der Waals surface area (Å²) in [6.45, 7) is 0.577. The summed E-state index contributed by atoms with van der Waals surface area (Å²) in [7, 11) is 1.90. The third-order valence-corrected chi connectivity index (χ3v) is 6.16. The monoisotopic (exact) mass is 375 g/mol. The summed E-state index contributed by atoms with van der Waals surface area (Å²) < 4.78 is 7.29. The van der Waals surface area contributed by atoms with Crippen molar-refractivity contribution in [1.29, 1.82) is 0 Å². The third-order valence-electron chi connectivity index (χ3n) is 4.24. The maximum atomic E-state index is 12.6. The number of hydrogen-bond acceptors (Lipinski definition) is 7. The van der Waals surface area contributed by atoms with Gasteiger partial charge in [-0.1, -0.05) is 23.0 Å². The zero-order chi connectivity index (χ0) is 17.3. The highest BCUT2D eigenvalue weighted by Gasteiger charge is 2.53. The molecule has 3 aromatic rings. The van der Waals surface area contributed by atoms with Crippen LogP contribution in [0, 0.1) is 0 Å². The minimum Gasteiger partial charge on any atom is -0.355 e. The summed E-state index contributed by atoms with van der Waals surface area (Å²) >= 11 is 3.16. The standard InChI is InChI=1S/C16H17N5O2S2/c1-21-10-18-19-15(21)25-8-6-17-14(22)16(4-5-16)13-9-11(23-20-13)12-3-2-7-24-12/h2-3,7,9-10H,4-6,8H2,1H3,(H,17,22). The molecule has 0 atom stereocenters. The van der Waals surface area contributed by atoms with Crippen LogP contribution in [0.3, 0.4) is 0 Å². The SMILES string of the molecule is Cn1cnnc1SCCNC(=O)C1(c2cc(-c3cccs3)on2)CC1. The number of aromatic nitrogens is 4. The van der Waals surface area contributed by atoms with E-state index >= 15 is 0 Å². The smallest absolute Gasteiger partial charge is 0.232 e. The molecule has 0 bridgehead atoms. The average molecular weight is 375 g/mol. The molecule has 1 aliphatic rings. The first-order chi connectivity index (χ1) is 12.2. The fourth-order valence-electron chi connectivity index (χ4n) is 2.64. The van der Waals surface area contributed by atoms with Crippen LogP contribution in [-0.2, 0) is 17.3 Å². The van der Waals surface area contributed by atoms with Crippen molar-refractivity contribution >= 4 is 29.0 Å². The van der Waals surface area contributed by atoms with Gasteiger partial charge in [0.05, 0.1) is 16.0 Å². The quantitative estimate of drug-likeness (QED) is 0.504. The minimum absolute atomic E-state index is 0.0251. The van der Waals surface area contributed by atoms with Crippen molar-refractivity contribution in [2.24, 2.45) is 7.05 Å². The molecule has 0 radical (unpaired) electrons. The maximum absolute atomic E-state index is 12.6. The molecule has 0 unspecified atom stereocenters. The van der Waals surface area contributed by atoms with Gasteiger partial charge in [-0.25, -0.2) is 0 Å². The molecule has 0 aliphatic heterocycles. The van der Waals surface area contributed by atoms with Gasteiger partial charge in [0.1, 0.15) is 6.33 Å². The van der Waals surface area contributed by atoms with E-state index in [-0.39, 0.29) is 5.91 Å². The number of nitrogens with zero attached hydrogens (tertiary/aromatic N) is 4. The molecule has 1 N–H and O–H groups in total. The normalized spacial score (nSPS) is 15.2. The molecule has 1 amide bonds. The lowest BCUT2D eigenvalue weighted by molar-refractivity contribution is -0.123. The van der Waals surface area contributed by atoms with E-state index < -0.39 is 5.41 Å². The second-order valence-electron chi connectivity index (χ2n) is 5.96. The Morgan fingerprint density at radius 2 is 2.40 bits per heavy atom. The van der Waals surface area contributed by atoms with Crippen LogP contribution < -0.4 is 5.32 Å². The molecular weight excluding hydrogens is 358 g/mol. The fourth-order valence-corrected chi connectivity index (χ4v) is 4.06. The number of hydrogen-bond donors (Lipinski definition) is 1. The first-order valence-corrected chi connectivity index (χ1v) is 9.82. The van der Waals surface area contributed by atoms with Crippen LogP contribution in [0.4, 0.5) is 0 Å². The Labute approximate surface area is 152 Å². The fraction of sp³-hybridized carbons (Fsp3) is 0.375. The van der Waals surface area contributed by atoms with Crippen molar-refractivity contribution in [3.8, 4) is 10.6 Å². The molecule has 130 valence electrons. The highest BCUT2D eigenvalue weighted by Crippen LogP contribution is 2.48. The molecule has 1 saturated carbocycles. The zero-order valence-corrected chi connectivity index (χ0v) is 15.3. The Morgan fingerprint density at radius 3 is 3.08 bits per heavy atom. The Balaban J connectivity index is 1.34. The Kier molecular flexibility index (Phi) is 4.34. The van der Waals surface area contributed by atoms with Crippen LogP contribution in [-0.4, -0.2) is 38.1 Å². The summed E-state index contributed by atoms with van der Waals surface area (Å²) in [5, 5.41) is 17.8. The van der Waals surface area contributed by atoms with Gasteiger partial charge in [0.15, 0.2) is 10.9 Å². The lowest BCUT2D eigenvalue weighted by atomic mass is 10.0. The highest BCUT2D eigenvalue weighted by atomic mass is 32.2. The first kappa shape index (κ1) is 16.3. The van der Waals surface area contributed by atoms with Gasteiger partial charge < -0.3 is 14.4 Å². The molecule has 0 aromatic carbocycles. The van der Waals surface area contributed by atoms with Gasteiger partial charge in [0.2, 0.25) is 5.91 Å². The molecule has 4 rings (SSSR count). The van der Waals surface area contributed by atoms with E-state index in [1.165, 1.54) is 0 Å². The number of thioether (sulfide) groups is 1. The van der Waals surface area contributed by atoms with Gasteiger partial charge in [-0.15, -0.1) is 21.5 Å². The van der Waals surface area contributed by atoms with Crippen LogP contribution in [0.1, 0.15) is 18.5 Å². The summed E-state index contributed by atoms with van der Waals surface area (Å²) in [5.41, 5.74) is 0.211. The zero-order valence-electron chi connectivity index (χ0n) is 13.6. The van der Waals surface area contributed by atoms with E-state index in [0.717, 1.165) is 40.1 Å². The lowest BCUT2D eigenvalue weighted by Crippen LogP contribution is -2.36. The van der Waals surface area contributed by atoms with Crippen LogP contribution in [0.5, 0.6) is 0 Å². The summed E-state index contributed by atoms with van der Waals surface area (Å²) in [6, 6.07) is 5.85. The number of thiophene rings is 1. The molecule has 3 aromatic heterocycles. The maximum Gasteiger partial charge on any atom is 0.232 e. The van der Waals surface area contributed by atoms with Crippen LogP contribution >= 0.6 is 23.1 Å². The van der Waals surface area contributed by atoms with Crippen molar-refractivity contribution in [3.05, 3.63) is 35.6 Å². The van der Waals surface area contributed by atoms with Crippen molar-refractivity contribution < 1.29 is 9.32 Å². The Hall–Kier alpha value is -2.13. The van der Waals surface area contributed by atoms with Crippen LogP contribution in [0.2, 0.25) is 0 Å². The largest absolute Gasteiger partial charge is 0.355 e. The minimum atomic E-state index is -0.519. The van der Waals surface area contributed by atoms with Crippen LogP contribution in [0.25, 0.3) is 10.6 Å². The van der Waals surface area contributed by atoms with Crippen molar-refractivity contribution in [3.63, 3.8) is 0 Å². The van der Waals surface area contributed by atoms with Crippen molar-refractivity contribution in [2.45, 2.75) is 23.4 Å². The summed E-state index contributed by atoms with van der Waals surface area (Å²) in [5.74, 6) is 1.49. The summed E-state index contributed by atoms with van der Waals surface area (Å²) in [6.07, 6.45) is 3.28. The van der Waals surface area contributed by atoms with Crippen molar-refractivity contribution in [2.75, 3.05) is 12.3 Å². The van der Waals surface area contributed by atoms with Gasteiger partial charge in [0.25, 0.3) is 0 Å². The van der Waals surface area contributed by atoms with Gasteiger partial charge in [-0.3, -0.25) is 4.79 Å². The number of amides is 1. The summed E-state index contributed by atoms with van der Waals surface area (Å²) in [4.78, 5) is 13.6. The van der Waals surface area contributed by atoms with Crippen molar-refractivity contribution in [1.82, 2.24) is 25.2 Å². The molecule has 7 nitrogen and oxygen atoms in total. The predicted molar refractivity (Wildman–Crippen MR) is 95.5 cm³/mol. The highest BCUT2D eigenvalue weighted by molar-refractivity contribution is 7.99. The molecule has 1 fully saturated rings. The van der Waals surface area contributed by atoms with E-state index in [1.807, 2.05) is 35.2 Å². The first-order valence-electron chi connectivity index (χ1n) is 7.95. The van der Waals surface area contributed by atoms with E-state index in [2.05, 4.69) is 20.7 Å². The number of carbonyl (C=O) groups is 1. The second-order valence-corrected chi connectivity index (χ2v) is 7.97. The van der Waals surface area contributed by atoms with E-state index in [4.69, 9.17) is 4.52 Å².